The third-order valence-corrected chi connectivity index (χ3v) is 9.27. The molecule has 2 aromatic rings. The molecule has 2 aromatic carbocycles. The number of hydrogen-bond acceptors (Lipinski definition) is 5. The quantitative estimate of drug-likeness (QED) is 0.200. The Morgan fingerprint density at radius 2 is 1.72 bits per heavy atom. The van der Waals surface area contributed by atoms with E-state index in [1.54, 1.807) is 12.1 Å². The number of carboxylic acids is 1. The number of hydrogen-bond donors (Lipinski definition) is 4. The Kier molecular flexibility index (Phi) is 11.2. The molecule has 2 amide bonds. The number of carboxylic acid groups (broad SMARTS) is 1. The Balaban J connectivity index is 0.000000644. The van der Waals surface area contributed by atoms with E-state index >= 15 is 4.39 Å². The van der Waals surface area contributed by atoms with Crippen LogP contribution in [-0.2, 0) is 19.8 Å². The molecule has 15 heteroatoms. The van der Waals surface area contributed by atoms with Crippen LogP contribution < -0.4 is 16.0 Å². The van der Waals surface area contributed by atoms with Gasteiger partial charge in [-0.3, -0.25) is 9.59 Å². The van der Waals surface area contributed by atoms with Crippen LogP contribution in [0.3, 0.4) is 0 Å². The number of nitrogens with one attached hydrogen (secondary N) is 3. The molecule has 2 fully saturated rings. The second-order valence-corrected chi connectivity index (χ2v) is 14.0. The number of anilines is 1. The summed E-state index contributed by atoms with van der Waals surface area (Å²) in [6.45, 7) is 9.55. The van der Waals surface area contributed by atoms with Gasteiger partial charge >= 0.3 is 12.1 Å². The molecule has 0 aliphatic carbocycles. The Morgan fingerprint density at radius 1 is 1.09 bits per heavy atom. The number of aliphatic carboxylic acids is 1. The molecule has 0 bridgehead atoms. The number of rotatable bonds is 7. The first kappa shape index (κ1) is 36.8. The largest absolute Gasteiger partial charge is 0.490 e. The van der Waals surface area contributed by atoms with Gasteiger partial charge in [0.1, 0.15) is 17.0 Å². The van der Waals surface area contributed by atoms with E-state index in [2.05, 4.69) is 20.9 Å². The van der Waals surface area contributed by atoms with Gasteiger partial charge in [-0.2, -0.15) is 13.2 Å². The van der Waals surface area contributed by atoms with Crippen LogP contribution in [-0.4, -0.2) is 72.2 Å². The van der Waals surface area contributed by atoms with Crippen LogP contribution in [0.5, 0.6) is 0 Å². The fourth-order valence-electron chi connectivity index (χ4n) is 6.79. The monoisotopic (exact) mass is 706 g/mol. The smallest absolute Gasteiger partial charge is 0.475 e. The van der Waals surface area contributed by atoms with E-state index in [0.717, 1.165) is 26.1 Å². The molecule has 0 radical (unpaired) electrons. The van der Waals surface area contributed by atoms with Gasteiger partial charge in [0.05, 0.1) is 16.1 Å². The third kappa shape index (κ3) is 7.84. The minimum absolute atomic E-state index is 0.113. The van der Waals surface area contributed by atoms with Crippen molar-refractivity contribution < 1.29 is 41.4 Å². The summed E-state index contributed by atoms with van der Waals surface area (Å²) in [6.07, 6.45) is -1.46. The second-order valence-electron chi connectivity index (χ2n) is 13.2. The zero-order valence-electron chi connectivity index (χ0n) is 26.0. The molecule has 4 atom stereocenters. The molecule has 0 unspecified atom stereocenters. The van der Waals surface area contributed by atoms with Crippen LogP contribution in [0.25, 0.3) is 0 Å². The second kappa shape index (κ2) is 14.2. The van der Waals surface area contributed by atoms with Gasteiger partial charge in [-0.1, -0.05) is 56.1 Å². The lowest BCUT2D eigenvalue weighted by atomic mass is 9.62. The highest BCUT2D eigenvalue weighted by Crippen LogP contribution is 2.57. The van der Waals surface area contributed by atoms with Gasteiger partial charge in [-0.25, -0.2) is 13.6 Å². The van der Waals surface area contributed by atoms with Crippen LogP contribution in [0.4, 0.5) is 27.6 Å². The highest BCUT2D eigenvalue weighted by Gasteiger charge is 2.66. The lowest BCUT2D eigenvalue weighted by Gasteiger charge is -2.37. The Morgan fingerprint density at radius 3 is 2.32 bits per heavy atom. The zero-order chi connectivity index (χ0) is 34.9. The van der Waals surface area contributed by atoms with E-state index < -0.39 is 53.1 Å². The van der Waals surface area contributed by atoms with Crippen molar-refractivity contribution in [3.8, 4) is 0 Å². The lowest BCUT2D eigenvalue weighted by Crippen LogP contribution is -2.49. The predicted octanol–water partition coefficient (Wildman–Crippen LogP) is 6.26. The summed E-state index contributed by atoms with van der Waals surface area (Å²) in [5.74, 6) is -5.91. The molecule has 8 nitrogen and oxygen atoms in total. The summed E-state index contributed by atoms with van der Waals surface area (Å²) in [6, 6.07) is 5.63. The molecule has 47 heavy (non-hydrogen) atoms. The molecule has 3 aliphatic heterocycles. The van der Waals surface area contributed by atoms with Gasteiger partial charge in [0, 0.05) is 24.2 Å². The van der Waals surface area contributed by atoms with E-state index in [0.29, 0.717) is 24.2 Å². The summed E-state index contributed by atoms with van der Waals surface area (Å²) >= 11 is 12.3. The number of likely N-dealkylation sites (tertiary alicyclic amines) is 1. The highest BCUT2D eigenvalue weighted by atomic mass is 35.5. The van der Waals surface area contributed by atoms with E-state index in [4.69, 9.17) is 33.1 Å². The van der Waals surface area contributed by atoms with Crippen LogP contribution >= 0.6 is 23.2 Å². The topological polar surface area (TPSA) is 111 Å². The van der Waals surface area contributed by atoms with E-state index in [1.165, 1.54) is 31.0 Å². The summed E-state index contributed by atoms with van der Waals surface area (Å²) < 4.78 is 62.5. The summed E-state index contributed by atoms with van der Waals surface area (Å²) in [4.78, 5) is 39.2. The first-order valence-corrected chi connectivity index (χ1v) is 15.9. The maximum Gasteiger partial charge on any atom is 0.490 e. The van der Waals surface area contributed by atoms with Gasteiger partial charge in [-0.15, -0.1) is 0 Å². The number of carbonyl (C=O) groups is 3. The lowest BCUT2D eigenvalue weighted by molar-refractivity contribution is -0.192. The number of carbonyl (C=O) groups excluding carboxylic acids is 2. The fraction of sp³-hybridized carbons (Fsp3) is 0.531. The molecule has 0 aromatic heterocycles. The first-order chi connectivity index (χ1) is 21.9. The van der Waals surface area contributed by atoms with Crippen LogP contribution in [0.2, 0.25) is 10.0 Å². The van der Waals surface area contributed by atoms with Crippen molar-refractivity contribution in [3.05, 3.63) is 63.1 Å². The molecule has 3 aliphatic rings. The molecule has 4 N–H and O–H groups in total. The average molecular weight is 708 g/mol. The third-order valence-electron chi connectivity index (χ3n) is 8.69. The molecule has 2 saturated heterocycles. The van der Waals surface area contributed by atoms with Gasteiger partial charge in [0.25, 0.3) is 0 Å². The van der Waals surface area contributed by atoms with Crippen molar-refractivity contribution >= 4 is 46.7 Å². The van der Waals surface area contributed by atoms with Crippen molar-refractivity contribution in [2.75, 3.05) is 31.5 Å². The van der Waals surface area contributed by atoms with Gasteiger partial charge < -0.3 is 26.0 Å². The van der Waals surface area contributed by atoms with Gasteiger partial charge in [-0.05, 0) is 80.1 Å². The normalized spacial score (nSPS) is 24.1. The Labute approximate surface area is 279 Å². The number of alkyl halides is 3. The average Bonchev–Trinajstić information content (AvgIpc) is 3.66. The number of nitrogens with zero attached hydrogens (tertiary/aromatic N) is 1. The molecule has 3 heterocycles. The molecule has 0 saturated carbocycles. The van der Waals surface area contributed by atoms with Gasteiger partial charge in [0.2, 0.25) is 11.8 Å². The minimum Gasteiger partial charge on any atom is -0.475 e. The highest BCUT2D eigenvalue weighted by molar-refractivity contribution is 6.31. The summed E-state index contributed by atoms with van der Waals surface area (Å²) in [7, 11) is 0. The molecular formula is C32H37Cl2F5N4O4. The Hall–Kier alpha value is -3.00. The Bertz CT molecular complexity index is 1510. The molecule has 258 valence electrons. The maximum atomic E-state index is 15.8. The van der Waals surface area contributed by atoms with Gasteiger partial charge in [0.15, 0.2) is 0 Å². The van der Waals surface area contributed by atoms with Crippen molar-refractivity contribution in [2.45, 2.75) is 76.0 Å². The van der Waals surface area contributed by atoms with Crippen LogP contribution in [0, 0.1) is 17.0 Å². The SMILES string of the molecule is CC(C)(C)C[C@H]1N[C@@H](C(=O)NCCCN2CCCC2)[C@H](c2cccc(Cl)c2F)[C@@]12C(=O)Nc1cc(Cl)c(F)cc12.O=C(O)C(F)(F)F. The molecule has 1 spiro atoms. The summed E-state index contributed by atoms with van der Waals surface area (Å²) in [5, 5.41) is 16.2. The van der Waals surface area contributed by atoms with E-state index in [9.17, 15) is 27.2 Å². The predicted molar refractivity (Wildman–Crippen MR) is 168 cm³/mol. The number of benzene rings is 2. The molecule has 5 rings (SSSR count). The minimum atomic E-state index is -5.08. The van der Waals surface area contributed by atoms with Crippen molar-refractivity contribution in [3.63, 3.8) is 0 Å². The standard InChI is InChI=1S/C30H36Cl2F2N4O2.C2HF3O2/c1-29(2,3)16-23-30(18-14-21(33)20(32)15-22(18)36-28(30)40)24(17-8-6-9-19(31)25(17)34)26(37-23)27(39)35-10-7-13-38-11-4-5-12-38;3-2(4,5)1(6)7/h6,8-9,14-15,23-24,26,37H,4-5,7,10-13,16H2,1-3H3,(H,35,39)(H,36,40);(H,6,7)/t23-,24+,26-,30+;/m1./s1. The number of fused-ring (bicyclic) bond motifs is 2. The van der Waals surface area contributed by atoms with E-state index in [-0.39, 0.29) is 26.9 Å². The van der Waals surface area contributed by atoms with Crippen LogP contribution in [0.15, 0.2) is 30.3 Å². The zero-order valence-corrected chi connectivity index (χ0v) is 27.6. The number of halogens is 7. The van der Waals surface area contributed by atoms with Crippen molar-refractivity contribution in [1.29, 1.82) is 0 Å². The molecular weight excluding hydrogens is 670 g/mol. The van der Waals surface area contributed by atoms with Crippen molar-refractivity contribution in [1.82, 2.24) is 15.5 Å². The number of amides is 2. The van der Waals surface area contributed by atoms with Crippen LogP contribution in [0.1, 0.15) is 63.5 Å². The first-order valence-electron chi connectivity index (χ1n) is 15.2. The maximum absolute atomic E-state index is 15.8. The fourth-order valence-corrected chi connectivity index (χ4v) is 7.14. The van der Waals surface area contributed by atoms with Crippen molar-refractivity contribution in [2.24, 2.45) is 5.41 Å². The van der Waals surface area contributed by atoms with E-state index in [1.807, 2.05) is 20.8 Å². The summed E-state index contributed by atoms with van der Waals surface area (Å²) in [5.41, 5.74) is -0.924.